The molecule has 0 saturated carbocycles. The number of hydrogen-bond acceptors (Lipinski definition) is 3. The summed E-state index contributed by atoms with van der Waals surface area (Å²) >= 11 is 3.40. The van der Waals surface area contributed by atoms with E-state index in [0.29, 0.717) is 11.4 Å². The number of anilines is 1. The van der Waals surface area contributed by atoms with E-state index in [9.17, 15) is 4.79 Å². The van der Waals surface area contributed by atoms with Gasteiger partial charge in [0, 0.05) is 30.3 Å². The average molecular weight is 340 g/mol. The van der Waals surface area contributed by atoms with Crippen molar-refractivity contribution in [1.29, 1.82) is 0 Å². The lowest BCUT2D eigenvalue weighted by atomic mass is 9.93. The van der Waals surface area contributed by atoms with Crippen LogP contribution in [0.3, 0.4) is 0 Å². The largest absolute Gasteiger partial charge is 0.369 e. The molecule has 0 aromatic carbocycles. The van der Waals surface area contributed by atoms with Gasteiger partial charge in [-0.1, -0.05) is 20.8 Å². The fraction of sp³-hybridized carbons (Fsp3) is 0.600. The molecule has 1 aliphatic heterocycles. The van der Waals surface area contributed by atoms with Crippen LogP contribution in [0.1, 0.15) is 44.0 Å². The average Bonchev–Trinajstić information content (AvgIpc) is 2.77. The van der Waals surface area contributed by atoms with Gasteiger partial charge < -0.3 is 10.2 Å². The summed E-state index contributed by atoms with van der Waals surface area (Å²) in [6.07, 6.45) is 3.78. The number of hydrogen-bond donors (Lipinski definition) is 1. The van der Waals surface area contributed by atoms with Gasteiger partial charge >= 0.3 is 0 Å². The molecular weight excluding hydrogens is 318 g/mol. The Morgan fingerprint density at radius 1 is 1.55 bits per heavy atom. The third-order valence-electron chi connectivity index (χ3n) is 3.59. The van der Waals surface area contributed by atoms with Crippen molar-refractivity contribution in [2.75, 3.05) is 25.0 Å². The van der Waals surface area contributed by atoms with Crippen LogP contribution in [-0.2, 0) is 0 Å². The van der Waals surface area contributed by atoms with Crippen molar-refractivity contribution in [1.82, 2.24) is 9.88 Å². The van der Waals surface area contributed by atoms with Crippen molar-refractivity contribution in [3.05, 3.63) is 22.3 Å². The fourth-order valence-electron chi connectivity index (χ4n) is 2.44. The van der Waals surface area contributed by atoms with Gasteiger partial charge in [0.1, 0.15) is 5.82 Å². The van der Waals surface area contributed by atoms with Gasteiger partial charge in [-0.05, 0) is 40.3 Å². The van der Waals surface area contributed by atoms with Gasteiger partial charge in [0.25, 0.3) is 5.91 Å². The minimum Gasteiger partial charge on any atom is -0.369 e. The highest BCUT2D eigenvalue weighted by Crippen LogP contribution is 2.31. The van der Waals surface area contributed by atoms with Gasteiger partial charge in [0.05, 0.1) is 5.56 Å². The molecule has 0 spiro atoms. The van der Waals surface area contributed by atoms with Crippen LogP contribution in [0.25, 0.3) is 0 Å². The summed E-state index contributed by atoms with van der Waals surface area (Å²) in [6.45, 7) is 8.96. The van der Waals surface area contributed by atoms with Crippen molar-refractivity contribution in [3.8, 4) is 0 Å². The zero-order valence-corrected chi connectivity index (χ0v) is 14.0. The Morgan fingerprint density at radius 3 is 2.90 bits per heavy atom. The number of nitrogens with one attached hydrogen (secondary N) is 1. The maximum Gasteiger partial charge on any atom is 0.257 e. The van der Waals surface area contributed by atoms with Crippen LogP contribution < -0.4 is 5.32 Å². The van der Waals surface area contributed by atoms with E-state index >= 15 is 0 Å². The molecule has 0 bridgehead atoms. The van der Waals surface area contributed by atoms with Crippen LogP contribution in [0.15, 0.2) is 16.7 Å². The molecule has 2 rings (SSSR count). The molecule has 5 heteroatoms. The van der Waals surface area contributed by atoms with Crippen LogP contribution in [0.2, 0.25) is 0 Å². The van der Waals surface area contributed by atoms with E-state index in [0.717, 1.165) is 36.9 Å². The molecule has 1 aromatic heterocycles. The normalized spacial score (nSPS) is 17.3. The number of nitrogens with zero attached hydrogens (tertiary/aromatic N) is 2. The fourth-order valence-corrected chi connectivity index (χ4v) is 2.77. The second-order valence-electron chi connectivity index (χ2n) is 6.12. The summed E-state index contributed by atoms with van der Waals surface area (Å²) in [5.74, 6) is 0.757. The van der Waals surface area contributed by atoms with Crippen molar-refractivity contribution in [2.24, 2.45) is 5.41 Å². The topological polar surface area (TPSA) is 45.2 Å². The molecule has 1 fully saturated rings. The van der Waals surface area contributed by atoms with Crippen molar-refractivity contribution < 1.29 is 4.79 Å². The van der Waals surface area contributed by atoms with Gasteiger partial charge in [-0.15, -0.1) is 0 Å². The molecule has 110 valence electrons. The molecular formula is C15H22BrN3O. The predicted octanol–water partition coefficient (Wildman–Crippen LogP) is 3.54. The number of carbonyl (C=O) groups excluding carboxylic acids is 1. The van der Waals surface area contributed by atoms with Crippen molar-refractivity contribution >= 4 is 27.7 Å². The van der Waals surface area contributed by atoms with E-state index in [1.807, 2.05) is 11.0 Å². The van der Waals surface area contributed by atoms with Crippen LogP contribution in [0.5, 0.6) is 0 Å². The van der Waals surface area contributed by atoms with Gasteiger partial charge in [-0.3, -0.25) is 4.79 Å². The highest BCUT2D eigenvalue weighted by atomic mass is 79.9. The molecule has 0 radical (unpaired) electrons. The Balaban J connectivity index is 2.22. The van der Waals surface area contributed by atoms with Gasteiger partial charge in [0.2, 0.25) is 0 Å². The van der Waals surface area contributed by atoms with E-state index in [1.54, 1.807) is 6.20 Å². The van der Waals surface area contributed by atoms with E-state index in [1.165, 1.54) is 0 Å². The van der Waals surface area contributed by atoms with E-state index in [2.05, 4.69) is 47.0 Å². The first-order chi connectivity index (χ1) is 9.43. The molecule has 1 amide bonds. The molecule has 0 unspecified atom stereocenters. The van der Waals surface area contributed by atoms with E-state index in [4.69, 9.17) is 0 Å². The Bertz CT molecular complexity index is 502. The molecule has 1 saturated heterocycles. The molecule has 0 aliphatic carbocycles. The van der Waals surface area contributed by atoms with E-state index < -0.39 is 0 Å². The standard InChI is InChI=1S/C15H22BrN3O/c1-4-6-17-13-12(8-11(16)9-18-13)14(20)19-7-5-15(2,3)10-19/h8-9H,4-7,10H2,1-3H3,(H,17,18). The lowest BCUT2D eigenvalue weighted by Crippen LogP contribution is -2.31. The Labute approximate surface area is 129 Å². The third kappa shape index (κ3) is 3.51. The Kier molecular flexibility index (Phi) is 4.68. The Hall–Kier alpha value is -1.10. The highest BCUT2D eigenvalue weighted by Gasteiger charge is 2.33. The van der Waals surface area contributed by atoms with Gasteiger partial charge in [-0.25, -0.2) is 4.98 Å². The second kappa shape index (κ2) is 6.12. The molecule has 1 aromatic rings. The summed E-state index contributed by atoms with van der Waals surface area (Å²) in [4.78, 5) is 19.0. The number of pyridine rings is 1. The minimum absolute atomic E-state index is 0.0722. The summed E-state index contributed by atoms with van der Waals surface area (Å²) in [6, 6.07) is 1.86. The number of aromatic nitrogens is 1. The first-order valence-corrected chi connectivity index (χ1v) is 7.91. The lowest BCUT2D eigenvalue weighted by Gasteiger charge is -2.21. The quantitative estimate of drug-likeness (QED) is 0.912. The SMILES string of the molecule is CCCNc1ncc(Br)cc1C(=O)N1CCC(C)(C)C1. The molecule has 1 aliphatic rings. The van der Waals surface area contributed by atoms with Crippen LogP contribution in [0, 0.1) is 5.41 Å². The zero-order valence-electron chi connectivity index (χ0n) is 12.4. The number of amides is 1. The lowest BCUT2D eigenvalue weighted by molar-refractivity contribution is 0.0779. The van der Waals surface area contributed by atoms with Crippen LogP contribution >= 0.6 is 15.9 Å². The van der Waals surface area contributed by atoms with Crippen LogP contribution in [-0.4, -0.2) is 35.4 Å². The molecule has 2 heterocycles. The molecule has 1 N–H and O–H groups in total. The molecule has 20 heavy (non-hydrogen) atoms. The summed E-state index contributed by atoms with van der Waals surface area (Å²) in [7, 11) is 0. The van der Waals surface area contributed by atoms with Gasteiger partial charge in [0.15, 0.2) is 0 Å². The molecule has 4 nitrogen and oxygen atoms in total. The third-order valence-corrected chi connectivity index (χ3v) is 4.03. The number of rotatable bonds is 4. The van der Waals surface area contributed by atoms with Crippen LogP contribution in [0.4, 0.5) is 5.82 Å². The predicted molar refractivity (Wildman–Crippen MR) is 85.0 cm³/mol. The van der Waals surface area contributed by atoms with E-state index in [-0.39, 0.29) is 11.3 Å². The second-order valence-corrected chi connectivity index (χ2v) is 7.03. The summed E-state index contributed by atoms with van der Waals surface area (Å²) in [5.41, 5.74) is 0.872. The first-order valence-electron chi connectivity index (χ1n) is 7.11. The zero-order chi connectivity index (χ0) is 14.8. The number of carbonyl (C=O) groups is 1. The smallest absolute Gasteiger partial charge is 0.257 e. The summed E-state index contributed by atoms with van der Waals surface area (Å²) in [5, 5.41) is 3.24. The van der Waals surface area contributed by atoms with Crippen molar-refractivity contribution in [2.45, 2.75) is 33.6 Å². The maximum absolute atomic E-state index is 12.7. The Morgan fingerprint density at radius 2 is 2.30 bits per heavy atom. The maximum atomic E-state index is 12.7. The van der Waals surface area contributed by atoms with Gasteiger partial charge in [-0.2, -0.15) is 0 Å². The first kappa shape index (κ1) is 15.3. The minimum atomic E-state index is 0.0722. The number of likely N-dealkylation sites (tertiary alicyclic amines) is 1. The number of halogens is 1. The molecule has 0 atom stereocenters. The monoisotopic (exact) mass is 339 g/mol. The highest BCUT2D eigenvalue weighted by molar-refractivity contribution is 9.10. The summed E-state index contributed by atoms with van der Waals surface area (Å²) < 4.78 is 0.835. The van der Waals surface area contributed by atoms with Crippen molar-refractivity contribution in [3.63, 3.8) is 0 Å².